The van der Waals surface area contributed by atoms with Gasteiger partial charge in [0.25, 0.3) is 5.56 Å². The average Bonchev–Trinajstić information content (AvgIpc) is 2.97. The monoisotopic (exact) mass is 350 g/mol. The van der Waals surface area contributed by atoms with E-state index in [1.54, 1.807) is 31.5 Å². The number of benzene rings is 1. The molecule has 0 radical (unpaired) electrons. The molecule has 0 spiro atoms. The summed E-state index contributed by atoms with van der Waals surface area (Å²) in [5.74, 6) is -1.02. The van der Waals surface area contributed by atoms with Gasteiger partial charge in [0.1, 0.15) is 0 Å². The summed E-state index contributed by atoms with van der Waals surface area (Å²) in [5, 5.41) is 12.1. The van der Waals surface area contributed by atoms with Gasteiger partial charge < -0.3 is 5.11 Å². The number of aromatic nitrogens is 3. The molecule has 3 aromatic rings. The summed E-state index contributed by atoms with van der Waals surface area (Å²) >= 11 is 0. The van der Waals surface area contributed by atoms with Crippen LogP contribution in [0.5, 0.6) is 0 Å². The molecule has 132 valence electrons. The first-order valence-electron chi connectivity index (χ1n) is 8.07. The third kappa shape index (κ3) is 3.77. The van der Waals surface area contributed by atoms with Crippen molar-refractivity contribution in [3.63, 3.8) is 0 Å². The van der Waals surface area contributed by atoms with Crippen molar-refractivity contribution in [1.82, 2.24) is 14.8 Å². The van der Waals surface area contributed by atoms with E-state index in [-0.39, 0.29) is 12.0 Å². The number of carboxylic acid groups (broad SMARTS) is 1. The summed E-state index contributed by atoms with van der Waals surface area (Å²) in [6, 6.07) is 12.7. The van der Waals surface area contributed by atoms with Crippen LogP contribution in [-0.2, 0) is 17.8 Å². The Morgan fingerprint density at radius 3 is 2.65 bits per heavy atom. The third-order valence-corrected chi connectivity index (χ3v) is 3.89. The summed E-state index contributed by atoms with van der Waals surface area (Å²) in [7, 11) is 0. The highest BCUT2D eigenvalue weighted by atomic mass is 16.4. The van der Waals surface area contributed by atoms with Crippen molar-refractivity contribution in [2.24, 2.45) is 4.99 Å². The fourth-order valence-corrected chi connectivity index (χ4v) is 2.67. The number of carboxylic acids is 1. The lowest BCUT2D eigenvalue weighted by Crippen LogP contribution is -2.20. The van der Waals surface area contributed by atoms with E-state index >= 15 is 0 Å². The number of aliphatic imine (C=N–C) groups is 1. The number of carbonyl (C=O) groups is 1. The number of aliphatic carboxylic acids is 1. The largest absolute Gasteiger partial charge is 0.481 e. The van der Waals surface area contributed by atoms with Crippen molar-refractivity contribution in [1.29, 1.82) is 0 Å². The normalized spacial score (nSPS) is 11.5. The van der Waals surface area contributed by atoms with Crippen LogP contribution in [0.3, 0.4) is 0 Å². The van der Waals surface area contributed by atoms with Gasteiger partial charge in [0.05, 0.1) is 29.9 Å². The van der Waals surface area contributed by atoms with Crippen LogP contribution >= 0.6 is 0 Å². The molecular formula is C19H18N4O3. The Bertz CT molecular complexity index is 989. The lowest BCUT2D eigenvalue weighted by atomic mass is 10.1. The number of nitrogens with zero attached hydrogens (tertiary/aromatic N) is 3. The molecule has 2 aromatic heterocycles. The van der Waals surface area contributed by atoms with Crippen LogP contribution in [-0.4, -0.2) is 31.6 Å². The van der Waals surface area contributed by atoms with E-state index in [0.29, 0.717) is 29.2 Å². The van der Waals surface area contributed by atoms with E-state index in [2.05, 4.69) is 15.1 Å². The molecule has 26 heavy (non-hydrogen) atoms. The van der Waals surface area contributed by atoms with Crippen molar-refractivity contribution in [3.05, 3.63) is 82.0 Å². The Labute approximate surface area is 149 Å². The Kier molecular flexibility index (Phi) is 5.07. The van der Waals surface area contributed by atoms with Gasteiger partial charge in [0, 0.05) is 18.1 Å². The maximum Gasteiger partial charge on any atom is 0.309 e. The molecule has 0 atom stereocenters. The molecule has 2 N–H and O–H groups in total. The van der Waals surface area contributed by atoms with Gasteiger partial charge in [-0.15, -0.1) is 0 Å². The molecule has 0 aliphatic heterocycles. The van der Waals surface area contributed by atoms with E-state index < -0.39 is 5.97 Å². The SMILES string of the molecule is CC(=NCc1cccnc1)c1c(CC(=O)O)[nH]n(-c2ccccc2)c1=O. The molecule has 3 rings (SSSR count). The average molecular weight is 350 g/mol. The number of hydrogen-bond acceptors (Lipinski definition) is 4. The van der Waals surface area contributed by atoms with E-state index in [1.165, 1.54) is 4.68 Å². The van der Waals surface area contributed by atoms with Crippen molar-refractivity contribution >= 4 is 11.7 Å². The van der Waals surface area contributed by atoms with Crippen LogP contribution in [0.1, 0.15) is 23.7 Å². The highest BCUT2D eigenvalue weighted by molar-refractivity contribution is 6.00. The first-order valence-corrected chi connectivity index (χ1v) is 8.07. The highest BCUT2D eigenvalue weighted by Gasteiger charge is 2.19. The highest BCUT2D eigenvalue weighted by Crippen LogP contribution is 2.11. The predicted molar refractivity (Wildman–Crippen MR) is 97.9 cm³/mol. The number of aromatic amines is 1. The number of H-pyrrole nitrogens is 1. The van der Waals surface area contributed by atoms with Crippen LogP contribution in [0.2, 0.25) is 0 Å². The number of rotatable bonds is 6. The molecule has 0 aliphatic rings. The zero-order chi connectivity index (χ0) is 18.5. The molecule has 0 aliphatic carbocycles. The van der Waals surface area contributed by atoms with Gasteiger partial charge in [0.2, 0.25) is 0 Å². The molecule has 0 saturated carbocycles. The molecule has 0 amide bonds. The third-order valence-electron chi connectivity index (χ3n) is 3.89. The molecule has 2 heterocycles. The van der Waals surface area contributed by atoms with Gasteiger partial charge in [-0.25, -0.2) is 4.68 Å². The zero-order valence-electron chi connectivity index (χ0n) is 14.2. The molecule has 0 bridgehead atoms. The lowest BCUT2D eigenvalue weighted by molar-refractivity contribution is -0.136. The fourth-order valence-electron chi connectivity index (χ4n) is 2.67. The van der Waals surface area contributed by atoms with Crippen molar-refractivity contribution < 1.29 is 9.90 Å². The minimum atomic E-state index is -1.02. The van der Waals surface area contributed by atoms with Gasteiger partial charge in [-0.2, -0.15) is 0 Å². The van der Waals surface area contributed by atoms with Crippen LogP contribution in [0, 0.1) is 0 Å². The van der Waals surface area contributed by atoms with E-state index in [4.69, 9.17) is 0 Å². The standard InChI is InChI=1S/C19H18N4O3/c1-13(21-12-14-6-5-9-20-11-14)18-16(10-17(24)25)22-23(19(18)26)15-7-3-2-4-8-15/h2-9,11,22H,10,12H2,1H3,(H,24,25). The first kappa shape index (κ1) is 17.3. The van der Waals surface area contributed by atoms with E-state index in [9.17, 15) is 14.7 Å². The summed E-state index contributed by atoms with van der Waals surface area (Å²) in [4.78, 5) is 32.6. The van der Waals surface area contributed by atoms with Crippen LogP contribution in [0.15, 0.2) is 64.6 Å². The summed E-state index contributed by atoms with van der Waals surface area (Å²) < 4.78 is 1.34. The van der Waals surface area contributed by atoms with Crippen LogP contribution in [0.4, 0.5) is 0 Å². The number of para-hydroxylation sites is 1. The summed E-state index contributed by atoms with van der Waals surface area (Å²) in [6.45, 7) is 2.07. The number of nitrogens with one attached hydrogen (secondary N) is 1. The second kappa shape index (κ2) is 7.60. The van der Waals surface area contributed by atoms with Crippen molar-refractivity contribution in [2.45, 2.75) is 19.9 Å². The lowest BCUT2D eigenvalue weighted by Gasteiger charge is -2.00. The quantitative estimate of drug-likeness (QED) is 0.666. The van der Waals surface area contributed by atoms with Gasteiger partial charge in [-0.05, 0) is 30.7 Å². The summed E-state index contributed by atoms with van der Waals surface area (Å²) in [6.07, 6.45) is 3.09. The Balaban J connectivity index is 2.02. The first-order chi connectivity index (χ1) is 12.6. The Morgan fingerprint density at radius 2 is 2.00 bits per heavy atom. The maximum atomic E-state index is 12.9. The van der Waals surface area contributed by atoms with Gasteiger partial charge in [-0.1, -0.05) is 24.3 Å². The predicted octanol–water partition coefficient (Wildman–Crippen LogP) is 2.20. The molecule has 0 unspecified atom stereocenters. The van der Waals surface area contributed by atoms with Crippen LogP contribution < -0.4 is 5.56 Å². The minimum absolute atomic E-state index is 0.288. The number of hydrogen-bond donors (Lipinski definition) is 2. The summed E-state index contributed by atoms with van der Waals surface area (Å²) in [5.41, 5.74) is 2.33. The second-order valence-electron chi connectivity index (χ2n) is 5.77. The Morgan fingerprint density at radius 1 is 1.23 bits per heavy atom. The molecule has 0 fully saturated rings. The molecular weight excluding hydrogens is 332 g/mol. The zero-order valence-corrected chi connectivity index (χ0v) is 14.2. The second-order valence-corrected chi connectivity index (χ2v) is 5.77. The maximum absolute atomic E-state index is 12.9. The number of pyridine rings is 1. The van der Waals surface area contributed by atoms with E-state index in [1.807, 2.05) is 30.3 Å². The van der Waals surface area contributed by atoms with Gasteiger partial charge in [0.15, 0.2) is 0 Å². The van der Waals surface area contributed by atoms with Crippen molar-refractivity contribution in [2.75, 3.05) is 0 Å². The molecule has 1 aromatic carbocycles. The van der Waals surface area contributed by atoms with Gasteiger partial charge >= 0.3 is 5.97 Å². The smallest absolute Gasteiger partial charge is 0.309 e. The molecule has 7 nitrogen and oxygen atoms in total. The fraction of sp³-hybridized carbons (Fsp3) is 0.158. The topological polar surface area (TPSA) is 100 Å². The van der Waals surface area contributed by atoms with Gasteiger partial charge in [-0.3, -0.25) is 24.7 Å². The van der Waals surface area contributed by atoms with Crippen LogP contribution in [0.25, 0.3) is 5.69 Å². The van der Waals surface area contributed by atoms with E-state index in [0.717, 1.165) is 5.56 Å². The molecule has 7 heteroatoms. The molecule has 0 saturated heterocycles. The Hall–Kier alpha value is -3.48. The minimum Gasteiger partial charge on any atom is -0.481 e. The van der Waals surface area contributed by atoms with Crippen molar-refractivity contribution in [3.8, 4) is 5.69 Å².